The second kappa shape index (κ2) is 5.38. The Hall–Kier alpha value is -0.920. The van der Waals surface area contributed by atoms with Crippen LogP contribution in [0.4, 0.5) is 0 Å². The molecule has 2 aliphatic rings. The van der Waals surface area contributed by atoms with Gasteiger partial charge in [-0.1, -0.05) is 18.8 Å². The molecule has 98 valence electrons. The molecule has 0 radical (unpaired) electrons. The van der Waals surface area contributed by atoms with E-state index in [1.165, 1.54) is 10.9 Å². The maximum atomic E-state index is 12.0. The number of rotatable bonds is 2. The third-order valence-corrected chi connectivity index (χ3v) is 5.22. The van der Waals surface area contributed by atoms with Crippen LogP contribution in [0.25, 0.3) is 0 Å². The van der Waals surface area contributed by atoms with Crippen LogP contribution in [0.2, 0.25) is 0 Å². The van der Waals surface area contributed by atoms with Gasteiger partial charge in [-0.05, 0) is 11.8 Å². The molecule has 0 saturated carbocycles. The highest BCUT2D eigenvalue weighted by molar-refractivity contribution is 8.41. The number of amides is 1. The summed E-state index contributed by atoms with van der Waals surface area (Å²) in [6.07, 6.45) is 0. The molecule has 0 aromatic heterocycles. The summed E-state index contributed by atoms with van der Waals surface area (Å²) in [6.45, 7) is 6.11. The minimum Gasteiger partial charge on any atom is -0.267 e. The Bertz CT molecular complexity index is 521. The number of guanidine groups is 1. The van der Waals surface area contributed by atoms with Crippen LogP contribution < -0.4 is 5.32 Å². The fourth-order valence-corrected chi connectivity index (χ4v) is 4.22. The Balaban J connectivity index is 2.38. The summed E-state index contributed by atoms with van der Waals surface area (Å²) in [5.74, 6) is 0.552. The molecule has 2 rings (SSSR count). The van der Waals surface area contributed by atoms with Gasteiger partial charge in [0, 0.05) is 13.1 Å². The molecule has 1 N–H and O–H groups in total. The van der Waals surface area contributed by atoms with Crippen molar-refractivity contribution in [1.29, 1.82) is 0 Å². The van der Waals surface area contributed by atoms with Crippen LogP contribution in [-0.2, 0) is 4.79 Å². The monoisotopic (exact) mass is 285 g/mol. The average Bonchev–Trinajstić information content (AvgIpc) is 2.74. The van der Waals surface area contributed by atoms with E-state index in [2.05, 4.69) is 29.1 Å². The Kier molecular flexibility index (Phi) is 4.04. The summed E-state index contributed by atoms with van der Waals surface area (Å²) < 4.78 is 2.95. The van der Waals surface area contributed by atoms with Gasteiger partial charge in [0.15, 0.2) is 4.86 Å². The molecule has 0 atom stereocenters. The van der Waals surface area contributed by atoms with Crippen LogP contribution in [0, 0.1) is 0 Å². The minimum atomic E-state index is -0.0524. The number of hydrogen-bond donors (Lipinski definition) is 1. The van der Waals surface area contributed by atoms with Gasteiger partial charge in [-0.3, -0.25) is 9.48 Å². The first-order valence-electron chi connectivity index (χ1n) is 5.86. The van der Waals surface area contributed by atoms with Gasteiger partial charge in [0.05, 0.1) is 14.1 Å². The molecule has 0 fully saturated rings. The quantitative estimate of drug-likeness (QED) is 0.583. The maximum Gasteiger partial charge on any atom is 0.395 e. The van der Waals surface area contributed by atoms with Crippen molar-refractivity contribution >= 4 is 48.8 Å². The molecular formula is C11H17N4OS2+. The molecule has 0 aromatic carbocycles. The predicted octanol–water partition coefficient (Wildman–Crippen LogP) is 0.224. The third-order valence-electron chi connectivity index (χ3n) is 2.65. The first-order chi connectivity index (χ1) is 8.56. The molecule has 0 aliphatic carbocycles. The normalized spacial score (nSPS) is 18.6. The van der Waals surface area contributed by atoms with E-state index in [0.717, 1.165) is 22.5 Å². The molecule has 2 heterocycles. The lowest BCUT2D eigenvalue weighted by Gasteiger charge is -2.16. The van der Waals surface area contributed by atoms with Gasteiger partial charge in [-0.15, -0.1) is 10.9 Å². The van der Waals surface area contributed by atoms with Crippen LogP contribution in [0.3, 0.4) is 0 Å². The molecule has 0 spiro atoms. The largest absolute Gasteiger partial charge is 0.395 e. The molecule has 2 aliphatic heterocycles. The van der Waals surface area contributed by atoms with E-state index in [0.29, 0.717) is 10.8 Å². The van der Waals surface area contributed by atoms with Crippen LogP contribution in [-0.4, -0.2) is 62.8 Å². The van der Waals surface area contributed by atoms with Crippen molar-refractivity contribution in [2.24, 2.45) is 4.99 Å². The van der Waals surface area contributed by atoms with E-state index < -0.39 is 0 Å². The van der Waals surface area contributed by atoms with Crippen LogP contribution in [0.5, 0.6) is 0 Å². The van der Waals surface area contributed by atoms with Gasteiger partial charge in [0.1, 0.15) is 4.32 Å². The van der Waals surface area contributed by atoms with E-state index in [1.807, 2.05) is 18.7 Å². The average molecular weight is 285 g/mol. The van der Waals surface area contributed by atoms with Crippen molar-refractivity contribution in [2.45, 2.75) is 13.8 Å². The Morgan fingerprint density at radius 3 is 2.56 bits per heavy atom. The van der Waals surface area contributed by atoms with E-state index in [1.54, 1.807) is 11.8 Å². The number of aliphatic imine (C=N–C) groups is 1. The third kappa shape index (κ3) is 2.43. The summed E-state index contributed by atoms with van der Waals surface area (Å²) in [5.41, 5.74) is 0. The van der Waals surface area contributed by atoms with Crippen molar-refractivity contribution in [2.75, 3.05) is 27.2 Å². The molecule has 7 heteroatoms. The van der Waals surface area contributed by atoms with Crippen molar-refractivity contribution in [3.63, 3.8) is 0 Å². The predicted molar refractivity (Wildman–Crippen MR) is 80.8 cm³/mol. The molecule has 1 amide bonds. The van der Waals surface area contributed by atoms with Gasteiger partial charge >= 0.3 is 11.9 Å². The molecule has 0 bridgehead atoms. The van der Waals surface area contributed by atoms with Crippen molar-refractivity contribution in [1.82, 2.24) is 10.2 Å². The van der Waals surface area contributed by atoms with Gasteiger partial charge in [-0.25, -0.2) is 10.1 Å². The number of hydrogen-bond acceptors (Lipinski definition) is 3. The molecular weight excluding hydrogens is 268 g/mol. The maximum absolute atomic E-state index is 12.0. The Labute approximate surface area is 115 Å². The highest BCUT2D eigenvalue weighted by Crippen LogP contribution is 2.23. The second-order valence-electron chi connectivity index (χ2n) is 4.06. The van der Waals surface area contributed by atoms with E-state index in [9.17, 15) is 4.79 Å². The molecule has 0 unspecified atom stereocenters. The molecule has 0 saturated heterocycles. The molecule has 0 aromatic rings. The van der Waals surface area contributed by atoms with E-state index in [-0.39, 0.29) is 5.91 Å². The fourth-order valence-electron chi connectivity index (χ4n) is 1.60. The highest BCUT2D eigenvalue weighted by atomic mass is 32.2. The smallest absolute Gasteiger partial charge is 0.267 e. The summed E-state index contributed by atoms with van der Waals surface area (Å²) in [7, 11) is 5.26. The molecule has 18 heavy (non-hydrogen) atoms. The summed E-state index contributed by atoms with van der Waals surface area (Å²) >= 11 is 1.59. The van der Waals surface area contributed by atoms with Crippen LogP contribution >= 0.6 is 22.7 Å². The topological polar surface area (TPSA) is 47.7 Å². The standard InChI is InChI=1S/C11H16N4OS2/c1-5-15(6-2)11-17-7-8(16)12-10(14(3)4)13-9(7)18-11/h5-6H2,1-4H3/p+1. The van der Waals surface area contributed by atoms with Gasteiger partial charge in [0.2, 0.25) is 5.04 Å². The number of nitrogens with zero attached hydrogens (tertiary/aromatic N) is 3. The molecule has 5 nitrogen and oxygen atoms in total. The van der Waals surface area contributed by atoms with Gasteiger partial charge < -0.3 is 0 Å². The summed E-state index contributed by atoms with van der Waals surface area (Å²) in [6, 6.07) is 0. The van der Waals surface area contributed by atoms with Crippen molar-refractivity contribution in [3.05, 3.63) is 0 Å². The van der Waals surface area contributed by atoms with Crippen molar-refractivity contribution < 1.29 is 9.37 Å². The summed E-state index contributed by atoms with van der Waals surface area (Å²) in [4.78, 5) is 19.4. The number of carbonyl (C=O) groups excluding carboxylic acids is 1. The SMILES string of the molecule is CCN(CC)C1=S=C2C(=O)NC(=[N+](C)C)N=C2S1. The number of fused-ring (bicyclic) bond motifs is 1. The first kappa shape index (κ1) is 13.5. The summed E-state index contributed by atoms with van der Waals surface area (Å²) in [5, 5.41) is 3.61. The zero-order chi connectivity index (χ0) is 13.3. The zero-order valence-electron chi connectivity index (χ0n) is 11.0. The van der Waals surface area contributed by atoms with Crippen LogP contribution in [0.15, 0.2) is 4.99 Å². The Morgan fingerprint density at radius 1 is 1.33 bits per heavy atom. The second-order valence-corrected chi connectivity index (χ2v) is 6.30. The first-order valence-corrected chi connectivity index (χ1v) is 7.49. The number of thioether (sulfide) groups is 1. The Morgan fingerprint density at radius 2 is 2.00 bits per heavy atom. The van der Waals surface area contributed by atoms with Gasteiger partial charge in [0.25, 0.3) is 0 Å². The van der Waals surface area contributed by atoms with E-state index >= 15 is 0 Å². The van der Waals surface area contributed by atoms with Crippen molar-refractivity contribution in [3.8, 4) is 0 Å². The fraction of sp³-hybridized carbons (Fsp3) is 0.545. The number of carbonyl (C=O) groups is 1. The number of nitrogens with one attached hydrogen (secondary N) is 1. The van der Waals surface area contributed by atoms with Gasteiger partial charge in [-0.2, -0.15) is 0 Å². The van der Waals surface area contributed by atoms with Crippen LogP contribution in [0.1, 0.15) is 13.8 Å². The lowest BCUT2D eigenvalue weighted by molar-refractivity contribution is -0.467. The minimum absolute atomic E-state index is 0.0524. The van der Waals surface area contributed by atoms with E-state index in [4.69, 9.17) is 0 Å². The lowest BCUT2D eigenvalue weighted by Crippen LogP contribution is -2.44. The lowest BCUT2D eigenvalue weighted by atomic mass is 10.4. The zero-order valence-corrected chi connectivity index (χ0v) is 12.6. The highest BCUT2D eigenvalue weighted by Gasteiger charge is 2.36.